The van der Waals surface area contributed by atoms with Gasteiger partial charge in [-0.1, -0.05) is 128 Å². The van der Waals surface area contributed by atoms with Gasteiger partial charge < -0.3 is 14.2 Å². The topological polar surface area (TPSA) is 19.6 Å². The lowest BCUT2D eigenvalue weighted by molar-refractivity contribution is -0.00514. The summed E-state index contributed by atoms with van der Waals surface area (Å²) in [5.41, 5.74) is 25.4. The molecule has 4 bridgehead atoms. The van der Waals surface area contributed by atoms with Gasteiger partial charge in [0.15, 0.2) is 0 Å². The molecule has 0 saturated heterocycles. The zero-order valence-electron chi connectivity index (χ0n) is 48.1. The Morgan fingerprint density at radius 2 is 0.919 bits per heavy atom. The Kier molecular flexibility index (Phi) is 9.58. The van der Waals surface area contributed by atoms with E-state index in [0.29, 0.717) is 0 Å². The molecule has 7 aliphatic carbocycles. The van der Waals surface area contributed by atoms with Crippen molar-refractivity contribution in [1.29, 1.82) is 0 Å². The van der Waals surface area contributed by atoms with Crippen LogP contribution in [-0.2, 0) is 43.3 Å². The van der Waals surface area contributed by atoms with E-state index in [-0.39, 0.29) is 50.0 Å². The van der Waals surface area contributed by atoms with Crippen molar-refractivity contribution in [3.05, 3.63) is 123 Å². The second kappa shape index (κ2) is 14.9. The number of furan rings is 1. The van der Waals surface area contributed by atoms with Gasteiger partial charge in [0.1, 0.15) is 5.58 Å². The third-order valence-corrected chi connectivity index (χ3v) is 22.3. The maximum atomic E-state index is 7.82. The van der Waals surface area contributed by atoms with Gasteiger partial charge in [0.2, 0.25) is 0 Å². The van der Waals surface area contributed by atoms with Crippen molar-refractivity contribution in [2.45, 2.75) is 224 Å². The molecule has 6 aromatic rings. The predicted octanol–water partition coefficient (Wildman–Crippen LogP) is 17.3. The second-order valence-electron chi connectivity index (χ2n) is 31.2. The lowest BCUT2D eigenvalue weighted by Gasteiger charge is -2.57. The molecule has 0 unspecified atom stereocenters. The molecule has 3 heterocycles. The number of fused-ring (bicyclic) bond motifs is 9. The molecule has 384 valence electrons. The van der Waals surface area contributed by atoms with Crippen LogP contribution in [0.15, 0.2) is 83.3 Å². The van der Waals surface area contributed by atoms with Crippen LogP contribution in [0.3, 0.4) is 0 Å². The number of nitrogens with zero attached hydrogens (tertiary/aromatic N) is 2. The number of hydrogen-bond donors (Lipinski definition) is 0. The minimum Gasteiger partial charge on any atom is -0.468 e. The Labute approximate surface area is 445 Å². The zero-order valence-corrected chi connectivity index (χ0v) is 48.1. The van der Waals surface area contributed by atoms with E-state index < -0.39 is 0 Å². The summed E-state index contributed by atoms with van der Waals surface area (Å²) in [7, 11) is 0. The van der Waals surface area contributed by atoms with Crippen molar-refractivity contribution in [2.75, 3.05) is 9.80 Å². The Morgan fingerprint density at radius 1 is 0.473 bits per heavy atom. The summed E-state index contributed by atoms with van der Waals surface area (Å²) in [4.78, 5) is 5.54. The molecule has 0 amide bonds. The normalized spacial score (nSPS) is 27.5. The van der Waals surface area contributed by atoms with Gasteiger partial charge in [-0.25, -0.2) is 0 Å². The molecule has 0 radical (unpaired) electrons. The Hall–Kier alpha value is -4.70. The maximum Gasteiger partial charge on any atom is 0.297 e. The van der Waals surface area contributed by atoms with Crippen LogP contribution >= 0.6 is 0 Å². The molecule has 5 aromatic carbocycles. The number of benzene rings is 5. The van der Waals surface area contributed by atoms with E-state index in [2.05, 4.69) is 193 Å². The van der Waals surface area contributed by atoms with Crippen molar-refractivity contribution in [3.8, 4) is 0 Å². The second-order valence-corrected chi connectivity index (χ2v) is 31.2. The standard InChI is InChI=1S/C70H85BN2O/c1-63(2,3)44-16-21-56-55(31-44)71-60-57(72(56)46-17-19-49-51(34-46)66(8,9)24-22-64(49,4)5)32-45(70-38-41-28-42(39-70)30-43(29-41)40-70)33-58(60)73(47-18-20-50-52(35-47)67(10,11)25-23-65(50,6)7)61-48-36-53-54(37-59(48)74-62(61)71)69(14,15)27-26-68(53,12)13/h16-21,31-37,41-43H,22-30,38-40H2,1-15H3. The van der Waals surface area contributed by atoms with Crippen molar-refractivity contribution < 1.29 is 4.42 Å². The van der Waals surface area contributed by atoms with Gasteiger partial charge in [-0.15, -0.1) is 0 Å². The number of rotatable bonds is 3. The fourth-order valence-corrected chi connectivity index (χ4v) is 17.8. The third-order valence-electron chi connectivity index (χ3n) is 22.3. The summed E-state index contributed by atoms with van der Waals surface area (Å²) in [6, 6.07) is 33.6. The van der Waals surface area contributed by atoms with Gasteiger partial charge in [0, 0.05) is 33.8 Å². The van der Waals surface area contributed by atoms with Crippen LogP contribution in [0.5, 0.6) is 0 Å². The van der Waals surface area contributed by atoms with Crippen molar-refractivity contribution >= 4 is 68.4 Å². The fraction of sp³-hybridized carbons (Fsp3) is 0.543. The van der Waals surface area contributed by atoms with E-state index in [1.165, 1.54) is 166 Å². The van der Waals surface area contributed by atoms with Gasteiger partial charge in [-0.05, 0) is 248 Å². The lowest BCUT2D eigenvalue weighted by atomic mass is 9.35. The summed E-state index contributed by atoms with van der Waals surface area (Å²) in [5.74, 6) is 2.52. The van der Waals surface area contributed by atoms with E-state index in [1.807, 2.05) is 0 Å². The van der Waals surface area contributed by atoms with E-state index in [0.717, 1.165) is 29.0 Å². The summed E-state index contributed by atoms with van der Waals surface area (Å²) in [5, 5.41) is 1.27. The molecule has 4 saturated carbocycles. The van der Waals surface area contributed by atoms with E-state index >= 15 is 0 Å². The molecular weight excluding hydrogens is 896 g/mol. The lowest BCUT2D eigenvalue weighted by Crippen LogP contribution is -2.61. The molecule has 0 N–H and O–H groups in total. The highest BCUT2D eigenvalue weighted by molar-refractivity contribution is 7.00. The fourth-order valence-electron chi connectivity index (χ4n) is 17.8. The van der Waals surface area contributed by atoms with Crippen molar-refractivity contribution in [1.82, 2.24) is 0 Å². The summed E-state index contributed by atoms with van der Waals surface area (Å²) in [6.07, 6.45) is 15.4. The first kappa shape index (κ1) is 47.7. The van der Waals surface area contributed by atoms with Gasteiger partial charge in [0.25, 0.3) is 6.71 Å². The minimum atomic E-state index is -0.0864. The van der Waals surface area contributed by atoms with Crippen molar-refractivity contribution in [3.63, 3.8) is 0 Å². The van der Waals surface area contributed by atoms with Crippen LogP contribution in [0.2, 0.25) is 0 Å². The smallest absolute Gasteiger partial charge is 0.297 e. The SMILES string of the molecule is CC(C)(C)c1ccc2c(c1)B1c3oc4cc5c(cc4c3N(c3ccc4c(c3)C(C)(C)CCC4(C)C)c3cc(C46CC7CC(CC(C7)C4)C6)cc(c31)N2c1ccc2c(c1)C(C)(C)CCC2(C)C)C(C)(C)CCC5(C)C. The van der Waals surface area contributed by atoms with Crippen LogP contribution in [0, 0.1) is 17.8 Å². The molecule has 9 aliphatic rings. The Balaban J connectivity index is 1.12. The molecule has 15 rings (SSSR count). The van der Waals surface area contributed by atoms with Crippen LogP contribution in [0.1, 0.15) is 225 Å². The van der Waals surface area contributed by atoms with Crippen LogP contribution in [0.4, 0.5) is 34.1 Å². The highest BCUT2D eigenvalue weighted by atomic mass is 16.3. The highest BCUT2D eigenvalue weighted by Gasteiger charge is 2.55. The molecule has 0 atom stereocenters. The van der Waals surface area contributed by atoms with Gasteiger partial charge in [-0.2, -0.15) is 0 Å². The van der Waals surface area contributed by atoms with Gasteiger partial charge in [0.05, 0.1) is 11.3 Å². The average Bonchev–Trinajstić information content (AvgIpc) is 3.70. The molecule has 74 heavy (non-hydrogen) atoms. The Bertz CT molecular complexity index is 3360. The quantitative estimate of drug-likeness (QED) is 0.165. The molecule has 0 spiro atoms. The highest BCUT2D eigenvalue weighted by Crippen LogP contribution is 2.63. The molecule has 3 nitrogen and oxygen atoms in total. The Morgan fingerprint density at radius 3 is 1.42 bits per heavy atom. The monoisotopic (exact) mass is 981 g/mol. The first-order valence-electron chi connectivity index (χ1n) is 29.5. The molecule has 1 aromatic heterocycles. The number of anilines is 6. The van der Waals surface area contributed by atoms with Crippen LogP contribution in [0.25, 0.3) is 11.0 Å². The van der Waals surface area contributed by atoms with Crippen LogP contribution < -0.4 is 26.4 Å². The largest absolute Gasteiger partial charge is 0.468 e. The minimum absolute atomic E-state index is 0.0376. The van der Waals surface area contributed by atoms with E-state index in [1.54, 1.807) is 5.56 Å². The summed E-state index contributed by atoms with van der Waals surface area (Å²) >= 11 is 0. The molecule has 2 aliphatic heterocycles. The first-order valence-corrected chi connectivity index (χ1v) is 29.5. The first-order chi connectivity index (χ1) is 34.6. The summed E-state index contributed by atoms with van der Waals surface area (Å²) < 4.78 is 7.82. The maximum absolute atomic E-state index is 7.82. The number of hydrogen-bond acceptors (Lipinski definition) is 3. The van der Waals surface area contributed by atoms with Crippen LogP contribution in [-0.4, -0.2) is 6.71 Å². The average molecular weight is 981 g/mol. The zero-order chi connectivity index (χ0) is 51.8. The van der Waals surface area contributed by atoms with Crippen molar-refractivity contribution in [2.24, 2.45) is 17.8 Å². The summed E-state index contributed by atoms with van der Waals surface area (Å²) in [6.45, 7) is 36.9. The molecular formula is C70H85BN2O. The predicted molar refractivity (Wildman–Crippen MR) is 315 cm³/mol. The third kappa shape index (κ3) is 6.69. The van der Waals surface area contributed by atoms with E-state index in [4.69, 9.17) is 4.42 Å². The van der Waals surface area contributed by atoms with Gasteiger partial charge in [-0.3, -0.25) is 0 Å². The van der Waals surface area contributed by atoms with E-state index in [9.17, 15) is 0 Å². The van der Waals surface area contributed by atoms with Gasteiger partial charge >= 0.3 is 0 Å². The molecule has 4 heteroatoms. The molecule has 4 fully saturated rings.